The summed E-state index contributed by atoms with van der Waals surface area (Å²) in [7, 11) is 0. The number of nitrogens with one attached hydrogen (secondary N) is 1. The topological polar surface area (TPSA) is 34.4 Å². The average molecular weight is 293 g/mol. The Kier molecular flexibility index (Phi) is 6.31. The Hall–Kier alpha value is -0.800. The van der Waals surface area contributed by atoms with E-state index in [0.29, 0.717) is 18.6 Å². The Balaban J connectivity index is 1.78. The van der Waals surface area contributed by atoms with E-state index in [9.17, 15) is 0 Å². The Bertz CT molecular complexity index is 425. The second kappa shape index (κ2) is 8.00. The van der Waals surface area contributed by atoms with Crippen molar-refractivity contribution in [3.8, 4) is 0 Å². The zero-order valence-electron chi connectivity index (χ0n) is 14.1. The number of rotatable bonds is 7. The molecule has 1 heterocycles. The minimum Gasteiger partial charge on any atom is -0.464 e. The Morgan fingerprint density at radius 1 is 1.38 bits per heavy atom. The summed E-state index contributed by atoms with van der Waals surface area (Å²) in [6.07, 6.45) is 5.47. The van der Waals surface area contributed by atoms with Crippen LogP contribution in [0.25, 0.3) is 0 Å². The predicted octanol–water partition coefficient (Wildman–Crippen LogP) is 4.43. The number of ether oxygens (including phenoxy) is 1. The van der Waals surface area contributed by atoms with Crippen molar-refractivity contribution < 1.29 is 9.15 Å². The molecule has 1 fully saturated rings. The van der Waals surface area contributed by atoms with E-state index in [1.54, 1.807) is 0 Å². The molecule has 2 atom stereocenters. The molecule has 2 rings (SSSR count). The summed E-state index contributed by atoms with van der Waals surface area (Å²) in [5.74, 6) is 3.46. The molecule has 0 radical (unpaired) electrons. The van der Waals surface area contributed by atoms with E-state index in [1.165, 1.54) is 31.2 Å². The van der Waals surface area contributed by atoms with Gasteiger partial charge in [0.2, 0.25) is 0 Å². The van der Waals surface area contributed by atoms with Gasteiger partial charge in [-0.15, -0.1) is 0 Å². The van der Waals surface area contributed by atoms with Crippen molar-refractivity contribution in [2.24, 2.45) is 11.8 Å². The molecule has 0 saturated heterocycles. The first-order valence-electron chi connectivity index (χ1n) is 8.45. The van der Waals surface area contributed by atoms with Gasteiger partial charge in [0.1, 0.15) is 18.1 Å². The second-order valence-electron chi connectivity index (χ2n) is 7.02. The molecule has 1 saturated carbocycles. The van der Waals surface area contributed by atoms with Gasteiger partial charge in [-0.25, -0.2) is 0 Å². The third-order valence-electron chi connectivity index (χ3n) is 4.29. The third kappa shape index (κ3) is 5.48. The van der Waals surface area contributed by atoms with Crippen molar-refractivity contribution in [2.75, 3.05) is 6.54 Å². The van der Waals surface area contributed by atoms with Crippen LogP contribution in [0.3, 0.4) is 0 Å². The van der Waals surface area contributed by atoms with Gasteiger partial charge in [-0.3, -0.25) is 0 Å². The van der Waals surface area contributed by atoms with Crippen molar-refractivity contribution in [3.05, 3.63) is 23.2 Å². The van der Waals surface area contributed by atoms with Gasteiger partial charge >= 0.3 is 0 Å². The maximum Gasteiger partial charge on any atom is 0.130 e. The SMILES string of the molecule is Cc1oc(COC2CCCC(C)C2)cc1CNCC(C)C. The highest BCUT2D eigenvalue weighted by Crippen LogP contribution is 2.26. The molecule has 0 bridgehead atoms. The van der Waals surface area contributed by atoms with Gasteiger partial charge in [0.15, 0.2) is 0 Å². The molecule has 1 aromatic heterocycles. The zero-order chi connectivity index (χ0) is 15.2. The normalized spacial score (nSPS) is 22.9. The maximum absolute atomic E-state index is 6.04. The van der Waals surface area contributed by atoms with E-state index in [1.807, 2.05) is 6.92 Å². The molecule has 0 aliphatic heterocycles. The van der Waals surface area contributed by atoms with Crippen LogP contribution in [-0.4, -0.2) is 12.6 Å². The molecule has 2 unspecified atom stereocenters. The van der Waals surface area contributed by atoms with E-state index in [0.717, 1.165) is 30.5 Å². The van der Waals surface area contributed by atoms with Crippen molar-refractivity contribution >= 4 is 0 Å². The molecule has 0 aromatic carbocycles. The predicted molar refractivity (Wildman–Crippen MR) is 86.2 cm³/mol. The van der Waals surface area contributed by atoms with Crippen LogP contribution in [0.5, 0.6) is 0 Å². The minimum atomic E-state index is 0.418. The highest BCUT2D eigenvalue weighted by Gasteiger charge is 2.20. The average Bonchev–Trinajstić information content (AvgIpc) is 2.77. The summed E-state index contributed by atoms with van der Waals surface area (Å²) in [5.41, 5.74) is 1.26. The maximum atomic E-state index is 6.04. The number of furan rings is 1. The molecule has 1 aliphatic rings. The van der Waals surface area contributed by atoms with Gasteiger partial charge in [0.05, 0.1) is 6.10 Å². The molecule has 120 valence electrons. The van der Waals surface area contributed by atoms with E-state index >= 15 is 0 Å². The van der Waals surface area contributed by atoms with Gasteiger partial charge in [-0.05, 0) is 44.2 Å². The first kappa shape index (κ1) is 16.6. The lowest BCUT2D eigenvalue weighted by molar-refractivity contribution is -0.00287. The zero-order valence-corrected chi connectivity index (χ0v) is 14.1. The summed E-state index contributed by atoms with van der Waals surface area (Å²) in [6, 6.07) is 2.15. The van der Waals surface area contributed by atoms with E-state index < -0.39 is 0 Å². The summed E-state index contributed by atoms with van der Waals surface area (Å²) < 4.78 is 11.9. The minimum absolute atomic E-state index is 0.418. The highest BCUT2D eigenvalue weighted by molar-refractivity contribution is 5.20. The molecule has 0 spiro atoms. The Morgan fingerprint density at radius 2 is 2.19 bits per heavy atom. The number of hydrogen-bond donors (Lipinski definition) is 1. The molecule has 3 nitrogen and oxygen atoms in total. The largest absolute Gasteiger partial charge is 0.464 e. The van der Waals surface area contributed by atoms with Gasteiger partial charge in [0, 0.05) is 12.1 Å². The summed E-state index contributed by atoms with van der Waals surface area (Å²) in [4.78, 5) is 0. The second-order valence-corrected chi connectivity index (χ2v) is 7.02. The monoisotopic (exact) mass is 293 g/mol. The molecule has 1 aliphatic carbocycles. The lowest BCUT2D eigenvalue weighted by Crippen LogP contribution is -2.21. The lowest BCUT2D eigenvalue weighted by Gasteiger charge is -2.26. The summed E-state index contributed by atoms with van der Waals surface area (Å²) in [5, 5.41) is 3.47. The van der Waals surface area contributed by atoms with E-state index in [-0.39, 0.29) is 0 Å². The first-order valence-corrected chi connectivity index (χ1v) is 8.45. The van der Waals surface area contributed by atoms with Crippen LogP contribution in [0.4, 0.5) is 0 Å². The van der Waals surface area contributed by atoms with Gasteiger partial charge < -0.3 is 14.5 Å². The van der Waals surface area contributed by atoms with E-state index in [2.05, 4.69) is 32.2 Å². The lowest BCUT2D eigenvalue weighted by atomic mass is 9.89. The van der Waals surface area contributed by atoms with Crippen molar-refractivity contribution in [2.45, 2.75) is 72.6 Å². The molecular weight excluding hydrogens is 262 g/mol. The fourth-order valence-electron chi connectivity index (χ4n) is 3.06. The van der Waals surface area contributed by atoms with Crippen molar-refractivity contribution in [3.63, 3.8) is 0 Å². The fraction of sp³-hybridized carbons (Fsp3) is 0.778. The third-order valence-corrected chi connectivity index (χ3v) is 4.29. The summed E-state index contributed by atoms with van der Waals surface area (Å²) >= 11 is 0. The smallest absolute Gasteiger partial charge is 0.130 e. The Labute approximate surface area is 129 Å². The van der Waals surface area contributed by atoms with Crippen LogP contribution in [0.2, 0.25) is 0 Å². The fourth-order valence-corrected chi connectivity index (χ4v) is 3.06. The number of hydrogen-bond acceptors (Lipinski definition) is 3. The number of aryl methyl sites for hydroxylation is 1. The van der Waals surface area contributed by atoms with Gasteiger partial charge in [-0.1, -0.05) is 33.6 Å². The summed E-state index contributed by atoms with van der Waals surface area (Å²) in [6.45, 7) is 11.3. The quantitative estimate of drug-likeness (QED) is 0.807. The molecule has 0 amide bonds. The molecule has 1 N–H and O–H groups in total. The van der Waals surface area contributed by atoms with Crippen LogP contribution < -0.4 is 5.32 Å². The van der Waals surface area contributed by atoms with Crippen LogP contribution in [0.1, 0.15) is 63.5 Å². The molecule has 3 heteroatoms. The first-order chi connectivity index (χ1) is 10.0. The van der Waals surface area contributed by atoms with Crippen LogP contribution >= 0.6 is 0 Å². The highest BCUT2D eigenvalue weighted by atomic mass is 16.5. The van der Waals surface area contributed by atoms with Crippen LogP contribution in [0.15, 0.2) is 10.5 Å². The van der Waals surface area contributed by atoms with Crippen LogP contribution in [0, 0.1) is 18.8 Å². The molecule has 1 aromatic rings. The standard InChI is InChI=1S/C18H31NO2/c1-13(2)10-19-11-16-9-18(21-15(16)4)12-20-17-7-5-6-14(3)8-17/h9,13-14,17,19H,5-8,10-12H2,1-4H3. The molecule has 21 heavy (non-hydrogen) atoms. The van der Waals surface area contributed by atoms with Gasteiger partial charge in [0.25, 0.3) is 0 Å². The molecular formula is C18H31NO2. The van der Waals surface area contributed by atoms with Crippen molar-refractivity contribution in [1.82, 2.24) is 5.32 Å². The van der Waals surface area contributed by atoms with Gasteiger partial charge in [-0.2, -0.15) is 0 Å². The van der Waals surface area contributed by atoms with Crippen LogP contribution in [-0.2, 0) is 17.9 Å². The van der Waals surface area contributed by atoms with Crippen molar-refractivity contribution in [1.29, 1.82) is 0 Å². The Morgan fingerprint density at radius 3 is 2.90 bits per heavy atom. The van der Waals surface area contributed by atoms with E-state index in [4.69, 9.17) is 9.15 Å².